The summed E-state index contributed by atoms with van der Waals surface area (Å²) in [4.78, 5) is 11.0. The van der Waals surface area contributed by atoms with Crippen molar-refractivity contribution in [1.29, 1.82) is 0 Å². The summed E-state index contributed by atoms with van der Waals surface area (Å²) >= 11 is 0. The number of hydrogen-bond donors (Lipinski definition) is 1. The molecule has 22 heavy (non-hydrogen) atoms. The number of aliphatic imine (C=N–C) groups is 1. The second-order valence-electron chi connectivity index (χ2n) is 5.80. The van der Waals surface area contributed by atoms with Gasteiger partial charge in [-0.2, -0.15) is 0 Å². The van der Waals surface area contributed by atoms with Crippen LogP contribution in [0.1, 0.15) is 26.2 Å². The highest BCUT2D eigenvalue weighted by molar-refractivity contribution is 5.79. The molecule has 2 rings (SSSR count). The lowest BCUT2D eigenvalue weighted by Crippen LogP contribution is -2.40. The maximum absolute atomic E-state index is 5.42. The minimum Gasteiger partial charge on any atom is -0.381 e. The summed E-state index contributed by atoms with van der Waals surface area (Å²) in [6, 6.07) is 0. The van der Waals surface area contributed by atoms with Crippen molar-refractivity contribution < 1.29 is 4.74 Å². The van der Waals surface area contributed by atoms with Gasteiger partial charge in [0.25, 0.3) is 0 Å². The molecule has 0 bridgehead atoms. The van der Waals surface area contributed by atoms with Crippen LogP contribution in [0.15, 0.2) is 23.7 Å². The molecule has 124 valence electrons. The third-order valence-corrected chi connectivity index (χ3v) is 4.09. The van der Waals surface area contributed by atoms with Gasteiger partial charge in [0.2, 0.25) is 0 Å². The molecule has 2 heterocycles. The van der Waals surface area contributed by atoms with E-state index < -0.39 is 0 Å². The van der Waals surface area contributed by atoms with Gasteiger partial charge in [0.1, 0.15) is 0 Å². The maximum Gasteiger partial charge on any atom is 0.193 e. The van der Waals surface area contributed by atoms with Crippen LogP contribution in [0.2, 0.25) is 0 Å². The zero-order chi connectivity index (χ0) is 15.6. The molecule has 6 nitrogen and oxygen atoms in total. The summed E-state index contributed by atoms with van der Waals surface area (Å²) in [6.45, 7) is 7.52. The lowest BCUT2D eigenvalue weighted by molar-refractivity contribution is 0.0625. The van der Waals surface area contributed by atoms with Gasteiger partial charge >= 0.3 is 0 Å². The molecule has 0 atom stereocenters. The Morgan fingerprint density at radius 2 is 2.27 bits per heavy atom. The van der Waals surface area contributed by atoms with Crippen molar-refractivity contribution in [3.05, 3.63) is 18.7 Å². The van der Waals surface area contributed by atoms with Gasteiger partial charge in [-0.05, 0) is 32.1 Å². The van der Waals surface area contributed by atoms with E-state index in [1.807, 2.05) is 12.5 Å². The van der Waals surface area contributed by atoms with Gasteiger partial charge in [0, 0.05) is 52.3 Å². The van der Waals surface area contributed by atoms with Crippen LogP contribution in [0.5, 0.6) is 0 Å². The van der Waals surface area contributed by atoms with Gasteiger partial charge < -0.3 is 19.5 Å². The predicted octanol–water partition coefficient (Wildman–Crippen LogP) is 1.60. The molecule has 1 fully saturated rings. The summed E-state index contributed by atoms with van der Waals surface area (Å²) in [5, 5.41) is 3.38. The fourth-order valence-electron chi connectivity index (χ4n) is 2.68. The average Bonchev–Trinajstić information content (AvgIpc) is 3.06. The van der Waals surface area contributed by atoms with Crippen LogP contribution in [-0.4, -0.2) is 60.3 Å². The van der Waals surface area contributed by atoms with E-state index >= 15 is 0 Å². The Hall–Kier alpha value is -1.56. The number of hydrogen-bond acceptors (Lipinski definition) is 3. The molecule has 1 saturated heterocycles. The van der Waals surface area contributed by atoms with Gasteiger partial charge in [-0.25, -0.2) is 4.98 Å². The first-order chi connectivity index (χ1) is 10.8. The molecule has 1 aliphatic heterocycles. The average molecular weight is 307 g/mol. The second kappa shape index (κ2) is 9.46. The van der Waals surface area contributed by atoms with Crippen LogP contribution in [0.4, 0.5) is 0 Å². The first-order valence-electron chi connectivity index (χ1n) is 8.32. The van der Waals surface area contributed by atoms with Crippen molar-refractivity contribution in [3.8, 4) is 0 Å². The van der Waals surface area contributed by atoms with E-state index in [2.05, 4.69) is 33.7 Å². The van der Waals surface area contributed by atoms with E-state index in [-0.39, 0.29) is 0 Å². The third kappa shape index (κ3) is 5.67. The van der Waals surface area contributed by atoms with Crippen molar-refractivity contribution in [2.45, 2.75) is 32.7 Å². The summed E-state index contributed by atoms with van der Waals surface area (Å²) in [5.74, 6) is 1.79. The molecular weight excluding hydrogens is 278 g/mol. The number of ether oxygens (including phenoxy) is 1. The lowest BCUT2D eigenvalue weighted by Gasteiger charge is -2.26. The Bertz CT molecular complexity index is 426. The molecule has 0 aliphatic carbocycles. The third-order valence-electron chi connectivity index (χ3n) is 4.09. The van der Waals surface area contributed by atoms with E-state index in [4.69, 9.17) is 9.73 Å². The number of guanidine groups is 1. The Labute approximate surface area is 133 Å². The van der Waals surface area contributed by atoms with Gasteiger partial charge in [-0.1, -0.05) is 0 Å². The van der Waals surface area contributed by atoms with Crippen LogP contribution in [0.25, 0.3) is 0 Å². The number of imidazole rings is 1. The van der Waals surface area contributed by atoms with Crippen LogP contribution in [0, 0.1) is 5.92 Å². The first-order valence-corrected chi connectivity index (χ1v) is 8.32. The molecule has 1 N–H and O–H groups in total. The fourth-order valence-corrected chi connectivity index (χ4v) is 2.68. The SMILES string of the molecule is CCNC(=NCCn1ccnc1)N(C)CCC1CCOCC1. The molecule has 0 unspecified atom stereocenters. The van der Waals surface area contributed by atoms with Gasteiger partial charge in [0.15, 0.2) is 5.96 Å². The second-order valence-corrected chi connectivity index (χ2v) is 5.80. The number of nitrogens with one attached hydrogen (secondary N) is 1. The van der Waals surface area contributed by atoms with E-state index in [1.54, 1.807) is 6.20 Å². The van der Waals surface area contributed by atoms with E-state index in [0.717, 1.165) is 51.3 Å². The van der Waals surface area contributed by atoms with E-state index in [1.165, 1.54) is 19.3 Å². The zero-order valence-electron chi connectivity index (χ0n) is 13.9. The minimum absolute atomic E-state index is 0.764. The zero-order valence-corrected chi connectivity index (χ0v) is 13.9. The van der Waals surface area contributed by atoms with E-state index in [9.17, 15) is 0 Å². The van der Waals surface area contributed by atoms with Gasteiger partial charge in [-0.3, -0.25) is 4.99 Å². The first kappa shape index (κ1) is 16.8. The molecule has 6 heteroatoms. The lowest BCUT2D eigenvalue weighted by atomic mass is 9.96. The van der Waals surface area contributed by atoms with Crippen LogP contribution < -0.4 is 5.32 Å². The highest BCUT2D eigenvalue weighted by Crippen LogP contribution is 2.18. The Balaban J connectivity index is 1.77. The summed E-state index contributed by atoms with van der Waals surface area (Å²) in [7, 11) is 2.12. The summed E-state index contributed by atoms with van der Waals surface area (Å²) < 4.78 is 7.47. The van der Waals surface area contributed by atoms with E-state index in [0.29, 0.717) is 0 Å². The predicted molar refractivity (Wildman–Crippen MR) is 89.0 cm³/mol. The fraction of sp³-hybridized carbons (Fsp3) is 0.750. The Kier molecular flexibility index (Phi) is 7.22. The number of rotatable bonds is 7. The monoisotopic (exact) mass is 307 g/mol. The standard InChI is InChI=1S/C16H29N5O/c1-3-18-16(19-8-11-21-10-7-17-14-21)20(2)9-4-15-5-12-22-13-6-15/h7,10,14-15H,3-6,8-9,11-13H2,1-2H3,(H,18,19). The molecule has 0 spiro atoms. The molecule has 0 aromatic carbocycles. The summed E-state index contributed by atoms with van der Waals surface area (Å²) in [6.07, 6.45) is 9.21. The molecule has 0 radical (unpaired) electrons. The summed E-state index contributed by atoms with van der Waals surface area (Å²) in [5.41, 5.74) is 0. The van der Waals surface area contributed by atoms with Crippen molar-refractivity contribution in [1.82, 2.24) is 19.8 Å². The molecular formula is C16H29N5O. The van der Waals surface area contributed by atoms with Gasteiger partial charge in [-0.15, -0.1) is 0 Å². The number of nitrogens with zero attached hydrogens (tertiary/aromatic N) is 4. The van der Waals surface area contributed by atoms with Crippen molar-refractivity contribution in [3.63, 3.8) is 0 Å². The minimum atomic E-state index is 0.764. The van der Waals surface area contributed by atoms with Crippen LogP contribution >= 0.6 is 0 Å². The topological polar surface area (TPSA) is 54.7 Å². The molecule has 1 aromatic rings. The largest absolute Gasteiger partial charge is 0.381 e. The normalized spacial score (nSPS) is 16.7. The van der Waals surface area contributed by atoms with Crippen molar-refractivity contribution in [2.75, 3.05) is 39.9 Å². The van der Waals surface area contributed by atoms with Gasteiger partial charge in [0.05, 0.1) is 12.9 Å². The molecule has 0 amide bonds. The molecule has 1 aliphatic rings. The Morgan fingerprint density at radius 3 is 2.95 bits per heavy atom. The smallest absolute Gasteiger partial charge is 0.193 e. The van der Waals surface area contributed by atoms with Crippen LogP contribution in [-0.2, 0) is 11.3 Å². The number of aromatic nitrogens is 2. The highest BCUT2D eigenvalue weighted by Gasteiger charge is 2.15. The Morgan fingerprint density at radius 1 is 1.45 bits per heavy atom. The molecule has 1 aromatic heterocycles. The van der Waals surface area contributed by atoms with Crippen LogP contribution in [0.3, 0.4) is 0 Å². The van der Waals surface area contributed by atoms with Crippen molar-refractivity contribution in [2.24, 2.45) is 10.9 Å². The maximum atomic E-state index is 5.42. The highest BCUT2D eigenvalue weighted by atomic mass is 16.5. The van der Waals surface area contributed by atoms with Crippen molar-refractivity contribution >= 4 is 5.96 Å². The molecule has 0 saturated carbocycles. The quantitative estimate of drug-likeness (QED) is 0.614.